The van der Waals surface area contributed by atoms with Gasteiger partial charge in [0.15, 0.2) is 0 Å². The van der Waals surface area contributed by atoms with Crippen molar-refractivity contribution < 1.29 is 9.84 Å². The Bertz CT molecular complexity index is 549. The molecule has 106 valence electrons. The fourth-order valence-electron chi connectivity index (χ4n) is 2.03. The lowest BCUT2D eigenvalue weighted by molar-refractivity contribution is 0.168. The maximum atomic E-state index is 10.2. The van der Waals surface area contributed by atoms with Crippen LogP contribution in [0.15, 0.2) is 46.9 Å². The van der Waals surface area contributed by atoms with Crippen molar-refractivity contribution in [3.8, 4) is 5.75 Å². The first kappa shape index (κ1) is 15.4. The monoisotopic (exact) mass is 354 g/mol. The van der Waals surface area contributed by atoms with Crippen molar-refractivity contribution in [1.82, 2.24) is 0 Å². The molecule has 2 nitrogen and oxygen atoms in total. The fraction of sp³-hybridized carbons (Fsp3) is 0.250. The van der Waals surface area contributed by atoms with E-state index in [9.17, 15) is 5.11 Å². The number of methoxy groups -OCH3 is 1. The van der Waals surface area contributed by atoms with Gasteiger partial charge >= 0.3 is 0 Å². The predicted molar refractivity (Wildman–Crippen MR) is 85.4 cm³/mol. The Hall–Kier alpha value is -1.03. The van der Waals surface area contributed by atoms with Crippen molar-refractivity contribution >= 4 is 27.5 Å². The summed E-state index contributed by atoms with van der Waals surface area (Å²) in [5.41, 5.74) is 2.00. The van der Waals surface area contributed by atoms with Crippen molar-refractivity contribution in [3.05, 3.63) is 63.1 Å². The van der Waals surface area contributed by atoms with Crippen LogP contribution in [0.3, 0.4) is 0 Å². The summed E-state index contributed by atoms with van der Waals surface area (Å²) in [6, 6.07) is 13.4. The molecule has 1 atom stereocenters. The van der Waals surface area contributed by atoms with Gasteiger partial charge in [0, 0.05) is 9.50 Å². The van der Waals surface area contributed by atoms with Gasteiger partial charge in [0.05, 0.1) is 13.2 Å². The van der Waals surface area contributed by atoms with E-state index in [1.54, 1.807) is 19.2 Å². The van der Waals surface area contributed by atoms with E-state index < -0.39 is 6.10 Å². The first-order chi connectivity index (χ1) is 9.58. The van der Waals surface area contributed by atoms with Crippen LogP contribution in [0.1, 0.15) is 23.7 Å². The molecule has 0 aliphatic heterocycles. The van der Waals surface area contributed by atoms with E-state index in [4.69, 9.17) is 16.3 Å². The van der Waals surface area contributed by atoms with Gasteiger partial charge < -0.3 is 9.84 Å². The molecule has 1 N–H and O–H groups in total. The highest BCUT2D eigenvalue weighted by atomic mass is 79.9. The Morgan fingerprint density at radius 3 is 2.50 bits per heavy atom. The van der Waals surface area contributed by atoms with E-state index in [2.05, 4.69) is 15.9 Å². The van der Waals surface area contributed by atoms with Crippen LogP contribution in [-0.4, -0.2) is 12.2 Å². The Labute approximate surface area is 132 Å². The number of aliphatic hydroxyl groups is 1. The van der Waals surface area contributed by atoms with E-state index in [-0.39, 0.29) is 0 Å². The quantitative estimate of drug-likeness (QED) is 0.836. The van der Waals surface area contributed by atoms with Crippen LogP contribution in [0.2, 0.25) is 5.02 Å². The Morgan fingerprint density at radius 1 is 1.20 bits per heavy atom. The molecule has 0 fully saturated rings. The van der Waals surface area contributed by atoms with Crippen molar-refractivity contribution in [1.29, 1.82) is 0 Å². The summed E-state index contributed by atoms with van der Waals surface area (Å²) in [5, 5.41) is 10.9. The zero-order valence-electron chi connectivity index (χ0n) is 11.1. The van der Waals surface area contributed by atoms with Crippen molar-refractivity contribution in [2.24, 2.45) is 0 Å². The number of ether oxygens (including phenoxy) is 1. The molecule has 0 heterocycles. The number of rotatable bonds is 5. The topological polar surface area (TPSA) is 29.5 Å². The van der Waals surface area contributed by atoms with Crippen molar-refractivity contribution in [2.75, 3.05) is 7.11 Å². The van der Waals surface area contributed by atoms with E-state index in [1.165, 1.54) is 5.56 Å². The normalized spacial score (nSPS) is 12.2. The van der Waals surface area contributed by atoms with E-state index in [0.717, 1.165) is 22.2 Å². The molecular formula is C16H16BrClO2. The Balaban J connectivity index is 1.98. The van der Waals surface area contributed by atoms with Crippen LogP contribution >= 0.6 is 27.5 Å². The highest BCUT2D eigenvalue weighted by Crippen LogP contribution is 2.26. The molecule has 1 unspecified atom stereocenters. The van der Waals surface area contributed by atoms with Crippen LogP contribution in [0, 0.1) is 0 Å². The number of hydrogen-bond donors (Lipinski definition) is 1. The van der Waals surface area contributed by atoms with Crippen LogP contribution in [0.25, 0.3) is 0 Å². The summed E-state index contributed by atoms with van der Waals surface area (Å²) in [5.74, 6) is 0.841. The summed E-state index contributed by atoms with van der Waals surface area (Å²) >= 11 is 9.37. The maximum Gasteiger partial charge on any atom is 0.118 e. The van der Waals surface area contributed by atoms with Gasteiger partial charge in [-0.05, 0) is 54.3 Å². The molecule has 2 rings (SSSR count). The molecule has 2 aromatic carbocycles. The standard InChI is InChI=1S/C16H16BrClO2/c1-20-15-5-2-11(3-6-15)4-7-16(19)12-8-13(17)10-14(18)9-12/h2-3,5-6,8-10,16,19H,4,7H2,1H3. The number of halogens is 2. The van der Waals surface area contributed by atoms with Gasteiger partial charge in [-0.1, -0.05) is 39.7 Å². The fourth-order valence-corrected chi connectivity index (χ4v) is 2.92. The van der Waals surface area contributed by atoms with Crippen molar-refractivity contribution in [3.63, 3.8) is 0 Å². The van der Waals surface area contributed by atoms with Crippen LogP contribution in [0.5, 0.6) is 5.75 Å². The summed E-state index contributed by atoms with van der Waals surface area (Å²) in [6.07, 6.45) is 0.932. The van der Waals surface area contributed by atoms with Crippen LogP contribution in [-0.2, 0) is 6.42 Å². The average Bonchev–Trinajstić information content (AvgIpc) is 2.44. The van der Waals surface area contributed by atoms with Gasteiger partial charge in [-0.25, -0.2) is 0 Å². The zero-order valence-corrected chi connectivity index (χ0v) is 13.5. The van der Waals surface area contributed by atoms with Gasteiger partial charge in [-0.2, -0.15) is 0 Å². The van der Waals surface area contributed by atoms with E-state index >= 15 is 0 Å². The number of aryl methyl sites for hydroxylation is 1. The zero-order chi connectivity index (χ0) is 14.5. The molecule has 2 aromatic rings. The second-order valence-electron chi connectivity index (χ2n) is 4.61. The summed E-state index contributed by atoms with van der Waals surface area (Å²) < 4.78 is 6.00. The van der Waals surface area contributed by atoms with Gasteiger partial charge in [0.2, 0.25) is 0 Å². The minimum absolute atomic E-state index is 0.521. The largest absolute Gasteiger partial charge is 0.497 e. The maximum absolute atomic E-state index is 10.2. The lowest BCUT2D eigenvalue weighted by atomic mass is 10.0. The Morgan fingerprint density at radius 2 is 1.90 bits per heavy atom. The molecule has 0 aliphatic carbocycles. The van der Waals surface area contributed by atoms with Crippen molar-refractivity contribution in [2.45, 2.75) is 18.9 Å². The molecular weight excluding hydrogens is 340 g/mol. The Kier molecular flexibility index (Phi) is 5.46. The van der Waals surface area contributed by atoms with Gasteiger partial charge in [0.1, 0.15) is 5.75 Å². The molecule has 0 saturated carbocycles. The van der Waals surface area contributed by atoms with Gasteiger partial charge in [-0.15, -0.1) is 0 Å². The number of aliphatic hydroxyl groups excluding tert-OH is 1. The third kappa shape index (κ3) is 4.23. The number of benzene rings is 2. The molecule has 0 bridgehead atoms. The van der Waals surface area contributed by atoms with E-state index in [1.807, 2.05) is 30.3 Å². The first-order valence-electron chi connectivity index (χ1n) is 6.35. The molecule has 4 heteroatoms. The molecule has 0 amide bonds. The molecule has 0 spiro atoms. The summed E-state index contributed by atoms with van der Waals surface area (Å²) in [7, 11) is 1.65. The second-order valence-corrected chi connectivity index (χ2v) is 5.96. The summed E-state index contributed by atoms with van der Waals surface area (Å²) in [6.45, 7) is 0. The van der Waals surface area contributed by atoms with Gasteiger partial charge in [-0.3, -0.25) is 0 Å². The third-order valence-corrected chi connectivity index (χ3v) is 3.81. The minimum Gasteiger partial charge on any atom is -0.497 e. The first-order valence-corrected chi connectivity index (χ1v) is 7.52. The minimum atomic E-state index is -0.521. The molecule has 20 heavy (non-hydrogen) atoms. The lowest BCUT2D eigenvalue weighted by Gasteiger charge is -2.12. The lowest BCUT2D eigenvalue weighted by Crippen LogP contribution is -2.00. The second kappa shape index (κ2) is 7.11. The van der Waals surface area contributed by atoms with Gasteiger partial charge in [0.25, 0.3) is 0 Å². The van der Waals surface area contributed by atoms with Crippen LogP contribution < -0.4 is 4.74 Å². The molecule has 0 radical (unpaired) electrons. The molecule has 0 aromatic heterocycles. The third-order valence-electron chi connectivity index (χ3n) is 3.14. The smallest absolute Gasteiger partial charge is 0.118 e. The highest BCUT2D eigenvalue weighted by Gasteiger charge is 2.09. The molecule has 0 saturated heterocycles. The van der Waals surface area contributed by atoms with E-state index in [0.29, 0.717) is 11.4 Å². The highest BCUT2D eigenvalue weighted by molar-refractivity contribution is 9.10. The predicted octanol–water partition coefficient (Wildman–Crippen LogP) is 4.78. The average molecular weight is 356 g/mol. The molecule has 0 aliphatic rings. The number of hydrogen-bond acceptors (Lipinski definition) is 2. The van der Waals surface area contributed by atoms with Crippen LogP contribution in [0.4, 0.5) is 0 Å². The summed E-state index contributed by atoms with van der Waals surface area (Å²) in [4.78, 5) is 0. The SMILES string of the molecule is COc1ccc(CCC(O)c2cc(Cl)cc(Br)c2)cc1.